The van der Waals surface area contributed by atoms with Gasteiger partial charge in [0.1, 0.15) is 5.60 Å². The summed E-state index contributed by atoms with van der Waals surface area (Å²) in [5, 5.41) is 10.7. The van der Waals surface area contributed by atoms with Gasteiger partial charge in [0, 0.05) is 11.8 Å². The molecule has 1 atom stereocenters. The van der Waals surface area contributed by atoms with E-state index in [1.54, 1.807) is 6.08 Å². The molecule has 1 rings (SSSR count). The molecular weight excluding hydrogens is 200 g/mol. The second-order valence-electron chi connectivity index (χ2n) is 5.72. The van der Waals surface area contributed by atoms with E-state index in [1.807, 2.05) is 32.9 Å². The second kappa shape index (κ2) is 4.17. The topological polar surface area (TPSA) is 37.3 Å². The Morgan fingerprint density at radius 3 is 2.44 bits per heavy atom. The summed E-state index contributed by atoms with van der Waals surface area (Å²) in [6, 6.07) is 0. The quantitative estimate of drug-likeness (QED) is 0.729. The van der Waals surface area contributed by atoms with Crippen LogP contribution in [0.2, 0.25) is 0 Å². The Morgan fingerprint density at radius 1 is 1.44 bits per heavy atom. The molecule has 1 aliphatic carbocycles. The lowest BCUT2D eigenvalue weighted by Gasteiger charge is -2.44. The van der Waals surface area contributed by atoms with Gasteiger partial charge in [0.2, 0.25) is 0 Å². The van der Waals surface area contributed by atoms with Crippen molar-refractivity contribution in [2.45, 2.75) is 46.6 Å². The highest BCUT2D eigenvalue weighted by Crippen LogP contribution is 2.44. The van der Waals surface area contributed by atoms with E-state index in [9.17, 15) is 9.90 Å². The average molecular weight is 222 g/mol. The van der Waals surface area contributed by atoms with Crippen molar-refractivity contribution >= 4 is 5.78 Å². The van der Waals surface area contributed by atoms with E-state index in [2.05, 4.69) is 13.8 Å². The maximum Gasteiger partial charge on any atom is 0.156 e. The SMILES string of the molecule is CC1=CC(=O)CC(C)(C)[C@@]1(O)/C=C/C(C)C. The fraction of sp³-hybridized carbons (Fsp3) is 0.643. The minimum atomic E-state index is -0.995. The van der Waals surface area contributed by atoms with Gasteiger partial charge in [-0.1, -0.05) is 39.8 Å². The van der Waals surface area contributed by atoms with Crippen LogP contribution >= 0.6 is 0 Å². The van der Waals surface area contributed by atoms with Crippen LogP contribution in [-0.4, -0.2) is 16.5 Å². The molecule has 16 heavy (non-hydrogen) atoms. The number of carbonyl (C=O) groups excluding carboxylic acids is 1. The molecule has 0 heterocycles. The van der Waals surface area contributed by atoms with E-state index in [1.165, 1.54) is 0 Å². The van der Waals surface area contributed by atoms with Gasteiger partial charge in [0.25, 0.3) is 0 Å². The number of allylic oxidation sites excluding steroid dienone is 2. The molecule has 0 saturated heterocycles. The van der Waals surface area contributed by atoms with Gasteiger partial charge in [-0.25, -0.2) is 0 Å². The van der Waals surface area contributed by atoms with Gasteiger partial charge in [0.05, 0.1) is 0 Å². The Balaban J connectivity index is 3.16. The highest BCUT2D eigenvalue weighted by atomic mass is 16.3. The zero-order valence-electron chi connectivity index (χ0n) is 10.9. The third kappa shape index (κ3) is 2.27. The van der Waals surface area contributed by atoms with Crippen LogP contribution < -0.4 is 0 Å². The maximum absolute atomic E-state index is 11.5. The lowest BCUT2D eigenvalue weighted by atomic mass is 9.64. The van der Waals surface area contributed by atoms with Gasteiger partial charge < -0.3 is 5.11 Å². The van der Waals surface area contributed by atoms with Crippen molar-refractivity contribution in [3.05, 3.63) is 23.8 Å². The number of hydrogen-bond donors (Lipinski definition) is 1. The van der Waals surface area contributed by atoms with Crippen LogP contribution in [0.5, 0.6) is 0 Å². The average Bonchev–Trinajstić information content (AvgIpc) is 2.10. The molecule has 90 valence electrons. The number of hydrogen-bond acceptors (Lipinski definition) is 2. The molecule has 0 bridgehead atoms. The van der Waals surface area contributed by atoms with E-state index in [0.717, 1.165) is 5.57 Å². The van der Waals surface area contributed by atoms with Gasteiger partial charge in [-0.05, 0) is 24.5 Å². The highest BCUT2D eigenvalue weighted by molar-refractivity contribution is 5.92. The van der Waals surface area contributed by atoms with E-state index in [-0.39, 0.29) is 5.78 Å². The Bertz CT molecular complexity index is 348. The standard InChI is InChI=1S/C14H22O2/c1-10(2)6-7-14(16)11(3)8-12(15)9-13(14,4)5/h6-8,10,16H,9H2,1-5H3/b7-6+/t14-/m1/s1. The Morgan fingerprint density at radius 2 is 2.00 bits per heavy atom. The van der Waals surface area contributed by atoms with Gasteiger partial charge in [0.15, 0.2) is 5.78 Å². The first-order chi connectivity index (χ1) is 7.19. The monoisotopic (exact) mass is 222 g/mol. The number of aliphatic hydroxyl groups is 1. The smallest absolute Gasteiger partial charge is 0.156 e. The molecule has 0 unspecified atom stereocenters. The molecule has 0 saturated carbocycles. The molecule has 0 aliphatic heterocycles. The van der Waals surface area contributed by atoms with E-state index < -0.39 is 11.0 Å². The first-order valence-electron chi connectivity index (χ1n) is 5.82. The zero-order chi connectivity index (χ0) is 12.6. The van der Waals surface area contributed by atoms with Crippen LogP contribution in [0.15, 0.2) is 23.8 Å². The molecule has 0 amide bonds. The predicted octanol–water partition coefficient (Wildman–Crippen LogP) is 2.88. The van der Waals surface area contributed by atoms with Gasteiger partial charge in [-0.15, -0.1) is 0 Å². The first-order valence-corrected chi connectivity index (χ1v) is 5.82. The Kier molecular flexibility index (Phi) is 3.44. The molecule has 0 aromatic rings. The summed E-state index contributed by atoms with van der Waals surface area (Å²) in [6.07, 6.45) is 5.80. The van der Waals surface area contributed by atoms with Crippen molar-refractivity contribution in [2.75, 3.05) is 0 Å². The van der Waals surface area contributed by atoms with Crippen molar-refractivity contribution in [2.24, 2.45) is 11.3 Å². The highest BCUT2D eigenvalue weighted by Gasteiger charge is 2.46. The summed E-state index contributed by atoms with van der Waals surface area (Å²) in [7, 11) is 0. The normalized spacial score (nSPS) is 29.9. The minimum absolute atomic E-state index is 0.102. The molecule has 0 aromatic heterocycles. The van der Waals surface area contributed by atoms with Crippen LogP contribution in [0.4, 0.5) is 0 Å². The molecule has 1 N–H and O–H groups in total. The lowest BCUT2D eigenvalue weighted by molar-refractivity contribution is -0.121. The van der Waals surface area contributed by atoms with Crippen LogP contribution in [0.3, 0.4) is 0 Å². The van der Waals surface area contributed by atoms with Crippen molar-refractivity contribution in [1.29, 1.82) is 0 Å². The minimum Gasteiger partial charge on any atom is -0.381 e. The summed E-state index contributed by atoms with van der Waals surface area (Å²) in [5.74, 6) is 0.496. The largest absolute Gasteiger partial charge is 0.381 e. The number of carbonyl (C=O) groups is 1. The zero-order valence-corrected chi connectivity index (χ0v) is 10.9. The molecule has 2 heteroatoms. The summed E-state index contributed by atoms with van der Waals surface area (Å²) in [6.45, 7) is 9.83. The van der Waals surface area contributed by atoms with Crippen molar-refractivity contribution in [1.82, 2.24) is 0 Å². The fourth-order valence-corrected chi connectivity index (χ4v) is 2.20. The van der Waals surface area contributed by atoms with Crippen LogP contribution in [0.1, 0.15) is 41.0 Å². The van der Waals surface area contributed by atoms with E-state index >= 15 is 0 Å². The van der Waals surface area contributed by atoms with Crippen molar-refractivity contribution in [3.8, 4) is 0 Å². The predicted molar refractivity (Wildman–Crippen MR) is 66.1 cm³/mol. The van der Waals surface area contributed by atoms with E-state index in [0.29, 0.717) is 12.3 Å². The van der Waals surface area contributed by atoms with Crippen molar-refractivity contribution < 1.29 is 9.90 Å². The molecule has 1 aliphatic rings. The second-order valence-corrected chi connectivity index (χ2v) is 5.72. The van der Waals surface area contributed by atoms with Gasteiger partial charge in [-0.3, -0.25) is 4.79 Å². The van der Waals surface area contributed by atoms with Gasteiger partial charge >= 0.3 is 0 Å². The van der Waals surface area contributed by atoms with E-state index in [4.69, 9.17) is 0 Å². The fourth-order valence-electron chi connectivity index (χ4n) is 2.20. The summed E-state index contributed by atoms with van der Waals surface area (Å²) in [4.78, 5) is 11.5. The van der Waals surface area contributed by atoms with Gasteiger partial charge in [-0.2, -0.15) is 0 Å². The van der Waals surface area contributed by atoms with Crippen LogP contribution in [-0.2, 0) is 4.79 Å². The Labute approximate surface area is 98.1 Å². The molecular formula is C14H22O2. The lowest BCUT2D eigenvalue weighted by Crippen LogP contribution is -2.48. The molecule has 2 nitrogen and oxygen atoms in total. The number of rotatable bonds is 2. The van der Waals surface area contributed by atoms with Crippen molar-refractivity contribution in [3.63, 3.8) is 0 Å². The third-order valence-electron chi connectivity index (χ3n) is 3.35. The molecule has 0 fully saturated rings. The summed E-state index contributed by atoms with van der Waals surface area (Å²) < 4.78 is 0. The van der Waals surface area contributed by atoms with Crippen LogP contribution in [0, 0.1) is 11.3 Å². The number of ketones is 1. The Hall–Kier alpha value is -0.890. The first kappa shape index (κ1) is 13.2. The maximum atomic E-state index is 11.5. The summed E-state index contributed by atoms with van der Waals surface area (Å²) >= 11 is 0. The third-order valence-corrected chi connectivity index (χ3v) is 3.35. The van der Waals surface area contributed by atoms with Crippen LogP contribution in [0.25, 0.3) is 0 Å². The molecule has 0 radical (unpaired) electrons. The molecule has 0 spiro atoms. The summed E-state index contributed by atoms with van der Waals surface area (Å²) in [5.41, 5.74) is -0.690. The molecule has 0 aromatic carbocycles.